The highest BCUT2D eigenvalue weighted by Crippen LogP contribution is 2.05. The summed E-state index contributed by atoms with van der Waals surface area (Å²) in [7, 11) is 1.59. The van der Waals surface area contributed by atoms with Gasteiger partial charge in [-0.2, -0.15) is 5.10 Å². The second-order valence-corrected chi connectivity index (χ2v) is 3.80. The van der Waals surface area contributed by atoms with E-state index in [1.807, 2.05) is 0 Å². The Morgan fingerprint density at radius 3 is 2.94 bits per heavy atom. The molecule has 1 rings (SSSR count). The van der Waals surface area contributed by atoms with E-state index in [9.17, 15) is 9.59 Å². The average molecular weight is 255 g/mol. The third-order valence-corrected chi connectivity index (χ3v) is 2.41. The van der Waals surface area contributed by atoms with E-state index >= 15 is 0 Å². The highest BCUT2D eigenvalue weighted by Gasteiger charge is 2.16. The Bertz CT molecular complexity index is 416. The van der Waals surface area contributed by atoms with Crippen molar-refractivity contribution < 1.29 is 19.4 Å². The lowest BCUT2D eigenvalue weighted by atomic mass is 10.3. The molecular formula is C11H17N3O4. The zero-order chi connectivity index (χ0) is 13.5. The van der Waals surface area contributed by atoms with Crippen LogP contribution in [0.4, 0.5) is 0 Å². The van der Waals surface area contributed by atoms with Gasteiger partial charge in [-0.3, -0.25) is 9.48 Å². The van der Waals surface area contributed by atoms with Crippen LogP contribution in [-0.2, 0) is 9.53 Å². The van der Waals surface area contributed by atoms with Gasteiger partial charge in [0, 0.05) is 26.5 Å². The van der Waals surface area contributed by atoms with E-state index in [4.69, 9.17) is 9.84 Å². The van der Waals surface area contributed by atoms with Gasteiger partial charge in [0.1, 0.15) is 11.7 Å². The van der Waals surface area contributed by atoms with E-state index in [2.05, 4.69) is 10.4 Å². The molecule has 1 heterocycles. The number of carbonyl (C=O) groups excluding carboxylic acids is 1. The number of carbonyl (C=O) groups is 2. The maximum atomic E-state index is 11.6. The zero-order valence-electron chi connectivity index (χ0n) is 10.4. The molecule has 0 radical (unpaired) electrons. The maximum Gasteiger partial charge on any atom is 0.328 e. The molecule has 0 aliphatic heterocycles. The van der Waals surface area contributed by atoms with Crippen LogP contribution in [0, 0.1) is 0 Å². The number of aromatic nitrogens is 2. The summed E-state index contributed by atoms with van der Waals surface area (Å²) < 4.78 is 6.10. The Hall–Kier alpha value is -1.89. The van der Waals surface area contributed by atoms with E-state index < -0.39 is 12.0 Å². The molecule has 0 fully saturated rings. The van der Waals surface area contributed by atoms with Crippen LogP contribution in [0.5, 0.6) is 0 Å². The molecule has 1 aromatic heterocycles. The molecule has 2 N–H and O–H groups in total. The van der Waals surface area contributed by atoms with Crippen molar-refractivity contribution in [1.29, 1.82) is 0 Å². The molecule has 1 amide bonds. The first kappa shape index (κ1) is 14.2. The van der Waals surface area contributed by atoms with E-state index in [1.54, 1.807) is 7.11 Å². The largest absolute Gasteiger partial charge is 0.480 e. The lowest BCUT2D eigenvalue weighted by molar-refractivity contribution is -0.140. The number of nitrogens with zero attached hydrogens (tertiary/aromatic N) is 2. The number of ether oxygens (including phenoxy) is 1. The quantitative estimate of drug-likeness (QED) is 0.683. The number of rotatable bonds is 7. The Labute approximate surface area is 105 Å². The van der Waals surface area contributed by atoms with Crippen LogP contribution in [0.1, 0.15) is 29.9 Å². The van der Waals surface area contributed by atoms with Crippen molar-refractivity contribution in [3.05, 3.63) is 18.0 Å². The molecule has 1 unspecified atom stereocenters. The van der Waals surface area contributed by atoms with Gasteiger partial charge in [0.25, 0.3) is 5.91 Å². The number of hydrogen-bond acceptors (Lipinski definition) is 4. The van der Waals surface area contributed by atoms with Crippen LogP contribution in [0.25, 0.3) is 0 Å². The minimum absolute atomic E-state index is 0.209. The van der Waals surface area contributed by atoms with Crippen molar-refractivity contribution in [2.24, 2.45) is 0 Å². The second kappa shape index (κ2) is 6.75. The lowest BCUT2D eigenvalue weighted by Crippen LogP contribution is -2.26. The lowest BCUT2D eigenvalue weighted by Gasteiger charge is -2.05. The van der Waals surface area contributed by atoms with Gasteiger partial charge < -0.3 is 15.2 Å². The van der Waals surface area contributed by atoms with E-state index in [0.29, 0.717) is 19.6 Å². The molecule has 0 aromatic carbocycles. The predicted molar refractivity (Wildman–Crippen MR) is 63.4 cm³/mol. The molecule has 18 heavy (non-hydrogen) atoms. The maximum absolute atomic E-state index is 11.6. The number of nitrogens with one attached hydrogen (secondary N) is 1. The number of amides is 1. The summed E-state index contributed by atoms with van der Waals surface area (Å²) in [5, 5.41) is 15.4. The molecule has 0 saturated carbocycles. The molecule has 0 spiro atoms. The highest BCUT2D eigenvalue weighted by molar-refractivity contribution is 5.92. The summed E-state index contributed by atoms with van der Waals surface area (Å²) in [6, 6.07) is 0.700. The summed E-state index contributed by atoms with van der Waals surface area (Å²) in [4.78, 5) is 22.4. The fraction of sp³-hybridized carbons (Fsp3) is 0.545. The summed E-state index contributed by atoms with van der Waals surface area (Å²) in [5.41, 5.74) is 0.209. The molecule has 7 heteroatoms. The van der Waals surface area contributed by atoms with Gasteiger partial charge >= 0.3 is 5.97 Å². The van der Waals surface area contributed by atoms with E-state index in [1.165, 1.54) is 23.9 Å². The van der Waals surface area contributed by atoms with Gasteiger partial charge in [-0.15, -0.1) is 0 Å². The molecule has 7 nitrogen and oxygen atoms in total. The molecule has 0 bridgehead atoms. The Morgan fingerprint density at radius 1 is 1.61 bits per heavy atom. The van der Waals surface area contributed by atoms with Crippen molar-refractivity contribution in [1.82, 2.24) is 15.1 Å². The normalized spacial score (nSPS) is 12.1. The van der Waals surface area contributed by atoms with Crippen LogP contribution in [0.15, 0.2) is 12.3 Å². The van der Waals surface area contributed by atoms with Crippen LogP contribution >= 0.6 is 0 Å². The average Bonchev–Trinajstić information content (AvgIpc) is 2.82. The first-order valence-corrected chi connectivity index (χ1v) is 5.61. The topological polar surface area (TPSA) is 93.5 Å². The van der Waals surface area contributed by atoms with Gasteiger partial charge in [-0.05, 0) is 19.4 Å². The summed E-state index contributed by atoms with van der Waals surface area (Å²) in [5.74, 6) is -1.31. The summed E-state index contributed by atoms with van der Waals surface area (Å²) in [6.45, 7) is 2.56. The number of carboxylic acids is 1. The van der Waals surface area contributed by atoms with Gasteiger partial charge in [0.2, 0.25) is 0 Å². The minimum Gasteiger partial charge on any atom is -0.480 e. The number of aliphatic carboxylic acids is 1. The molecular weight excluding hydrogens is 238 g/mol. The van der Waals surface area contributed by atoms with Gasteiger partial charge in [-0.1, -0.05) is 0 Å². The van der Waals surface area contributed by atoms with E-state index in [0.717, 1.165) is 0 Å². The fourth-order valence-corrected chi connectivity index (χ4v) is 1.30. The molecule has 1 aromatic rings. The second-order valence-electron chi connectivity index (χ2n) is 3.80. The molecule has 0 aliphatic carbocycles. The molecule has 1 atom stereocenters. The Balaban J connectivity index is 2.52. The third kappa shape index (κ3) is 3.85. The number of carboxylic acid groups (broad SMARTS) is 1. The fourth-order valence-electron chi connectivity index (χ4n) is 1.30. The number of methoxy groups -OCH3 is 1. The number of hydrogen-bond donors (Lipinski definition) is 2. The van der Waals surface area contributed by atoms with Crippen molar-refractivity contribution in [3.8, 4) is 0 Å². The van der Waals surface area contributed by atoms with Crippen LogP contribution < -0.4 is 5.32 Å². The molecule has 0 aliphatic rings. The van der Waals surface area contributed by atoms with Crippen molar-refractivity contribution in [2.45, 2.75) is 19.4 Å². The zero-order valence-corrected chi connectivity index (χ0v) is 10.4. The first-order chi connectivity index (χ1) is 8.56. The summed E-state index contributed by atoms with van der Waals surface area (Å²) in [6.07, 6.45) is 2.19. The SMILES string of the molecule is COCCCNC(=O)c1ccn(C(C)C(=O)O)n1. The summed E-state index contributed by atoms with van der Waals surface area (Å²) >= 11 is 0. The minimum atomic E-state index is -0.995. The standard InChI is InChI=1S/C11H17N3O4/c1-8(11(16)17)14-6-4-9(13-14)10(15)12-5-3-7-18-2/h4,6,8H,3,5,7H2,1-2H3,(H,12,15)(H,16,17). The van der Waals surface area contributed by atoms with Crippen molar-refractivity contribution in [3.63, 3.8) is 0 Å². The van der Waals surface area contributed by atoms with Crippen molar-refractivity contribution >= 4 is 11.9 Å². The van der Waals surface area contributed by atoms with Gasteiger partial charge in [0.15, 0.2) is 0 Å². The molecule has 0 saturated heterocycles. The monoisotopic (exact) mass is 255 g/mol. The third-order valence-electron chi connectivity index (χ3n) is 2.41. The van der Waals surface area contributed by atoms with Gasteiger partial charge in [-0.25, -0.2) is 4.79 Å². The van der Waals surface area contributed by atoms with Crippen LogP contribution in [0.3, 0.4) is 0 Å². The predicted octanol–water partition coefficient (Wildman–Crippen LogP) is 0.295. The van der Waals surface area contributed by atoms with Crippen LogP contribution in [0.2, 0.25) is 0 Å². The first-order valence-electron chi connectivity index (χ1n) is 5.61. The van der Waals surface area contributed by atoms with E-state index in [-0.39, 0.29) is 11.6 Å². The Kier molecular flexibility index (Phi) is 5.31. The van der Waals surface area contributed by atoms with Gasteiger partial charge in [0.05, 0.1) is 0 Å². The molecule has 100 valence electrons. The van der Waals surface area contributed by atoms with Crippen LogP contribution in [-0.4, -0.2) is 47.0 Å². The van der Waals surface area contributed by atoms with Crippen molar-refractivity contribution in [2.75, 3.05) is 20.3 Å². The Morgan fingerprint density at radius 2 is 2.33 bits per heavy atom. The smallest absolute Gasteiger partial charge is 0.328 e. The highest BCUT2D eigenvalue weighted by atomic mass is 16.5.